The third-order valence-corrected chi connectivity index (χ3v) is 2.49. The van der Waals surface area contributed by atoms with Crippen LogP contribution in [0.15, 0.2) is 18.2 Å². The number of hydrogen-bond acceptors (Lipinski definition) is 4. The first-order valence-electron chi connectivity index (χ1n) is 5.95. The molecule has 4 N–H and O–H groups in total. The predicted octanol–water partition coefficient (Wildman–Crippen LogP) is 1.41. The first-order valence-corrected chi connectivity index (χ1v) is 5.95. The maximum atomic E-state index is 11.2. The second kappa shape index (κ2) is 6.64. The summed E-state index contributed by atoms with van der Waals surface area (Å²) in [6, 6.07) is 5.17. The third kappa shape index (κ3) is 4.08. The SMILES string of the molecule is CCNC(=O)CCNc1ccc(C(C)=O)c(N)c1. The minimum absolute atomic E-state index is 0.0123. The van der Waals surface area contributed by atoms with Crippen molar-refractivity contribution in [2.75, 3.05) is 24.1 Å². The summed E-state index contributed by atoms with van der Waals surface area (Å²) in [4.78, 5) is 22.4. The third-order valence-electron chi connectivity index (χ3n) is 2.49. The van der Waals surface area contributed by atoms with Crippen LogP contribution in [0.5, 0.6) is 0 Å². The molecule has 0 saturated carbocycles. The molecule has 0 heterocycles. The van der Waals surface area contributed by atoms with E-state index < -0.39 is 0 Å². The standard InChI is InChI=1S/C13H19N3O2/c1-3-15-13(18)6-7-16-10-4-5-11(9(2)17)12(14)8-10/h4-5,8,16H,3,6-7,14H2,1-2H3,(H,15,18). The number of ketones is 1. The summed E-state index contributed by atoms with van der Waals surface area (Å²) < 4.78 is 0. The zero-order valence-electron chi connectivity index (χ0n) is 10.7. The Morgan fingerprint density at radius 1 is 1.33 bits per heavy atom. The van der Waals surface area contributed by atoms with E-state index in [0.717, 1.165) is 5.69 Å². The predicted molar refractivity (Wildman–Crippen MR) is 72.6 cm³/mol. The van der Waals surface area contributed by atoms with Crippen LogP contribution in [-0.2, 0) is 4.79 Å². The van der Waals surface area contributed by atoms with Gasteiger partial charge in [-0.15, -0.1) is 0 Å². The van der Waals surface area contributed by atoms with Gasteiger partial charge in [0.25, 0.3) is 0 Å². The Balaban J connectivity index is 2.51. The molecule has 1 rings (SSSR count). The van der Waals surface area contributed by atoms with Crippen LogP contribution < -0.4 is 16.4 Å². The Morgan fingerprint density at radius 2 is 2.06 bits per heavy atom. The van der Waals surface area contributed by atoms with E-state index in [1.165, 1.54) is 6.92 Å². The number of rotatable bonds is 6. The van der Waals surface area contributed by atoms with Gasteiger partial charge in [-0.05, 0) is 32.0 Å². The Morgan fingerprint density at radius 3 is 2.61 bits per heavy atom. The number of benzene rings is 1. The summed E-state index contributed by atoms with van der Waals surface area (Å²) in [5.74, 6) is -0.0419. The molecule has 0 radical (unpaired) electrons. The monoisotopic (exact) mass is 249 g/mol. The van der Waals surface area contributed by atoms with Gasteiger partial charge in [0, 0.05) is 36.4 Å². The van der Waals surface area contributed by atoms with Crippen LogP contribution in [0.25, 0.3) is 0 Å². The molecule has 0 bridgehead atoms. The molecular formula is C13H19N3O2. The molecule has 0 unspecified atom stereocenters. The van der Waals surface area contributed by atoms with E-state index in [2.05, 4.69) is 10.6 Å². The molecule has 0 aromatic heterocycles. The van der Waals surface area contributed by atoms with Crippen LogP contribution in [0.3, 0.4) is 0 Å². The lowest BCUT2D eigenvalue weighted by atomic mass is 10.1. The molecule has 1 aromatic rings. The normalized spacial score (nSPS) is 9.89. The summed E-state index contributed by atoms with van der Waals surface area (Å²) in [6.07, 6.45) is 0.405. The van der Waals surface area contributed by atoms with Gasteiger partial charge < -0.3 is 16.4 Å². The van der Waals surface area contributed by atoms with Gasteiger partial charge in [0.15, 0.2) is 5.78 Å². The largest absolute Gasteiger partial charge is 0.398 e. The van der Waals surface area contributed by atoms with Gasteiger partial charge in [-0.25, -0.2) is 0 Å². The van der Waals surface area contributed by atoms with Gasteiger partial charge in [-0.1, -0.05) is 0 Å². The molecule has 0 atom stereocenters. The molecule has 5 heteroatoms. The van der Waals surface area contributed by atoms with Crippen molar-refractivity contribution in [1.29, 1.82) is 0 Å². The van der Waals surface area contributed by atoms with E-state index in [9.17, 15) is 9.59 Å². The number of Topliss-reactive ketones (excluding diaryl/α,β-unsaturated/α-hetero) is 1. The smallest absolute Gasteiger partial charge is 0.221 e. The molecule has 0 aliphatic carbocycles. The maximum Gasteiger partial charge on any atom is 0.221 e. The quantitative estimate of drug-likeness (QED) is 0.525. The highest BCUT2D eigenvalue weighted by atomic mass is 16.1. The summed E-state index contributed by atoms with van der Waals surface area (Å²) >= 11 is 0. The molecule has 0 spiro atoms. The number of amides is 1. The number of carbonyl (C=O) groups excluding carboxylic acids is 2. The second-order valence-corrected chi connectivity index (χ2v) is 3.99. The van der Waals surface area contributed by atoms with Gasteiger partial charge in [-0.2, -0.15) is 0 Å². The molecule has 0 fully saturated rings. The van der Waals surface area contributed by atoms with E-state index in [0.29, 0.717) is 30.8 Å². The minimum atomic E-state index is -0.0543. The molecule has 0 aliphatic heterocycles. The Bertz CT molecular complexity index is 444. The average Bonchev–Trinajstić information content (AvgIpc) is 2.29. The Kier molecular flexibility index (Phi) is 5.17. The van der Waals surface area contributed by atoms with Crippen molar-refractivity contribution in [2.24, 2.45) is 0 Å². The van der Waals surface area contributed by atoms with Crippen molar-refractivity contribution >= 4 is 23.1 Å². The van der Waals surface area contributed by atoms with Crippen LogP contribution in [0.2, 0.25) is 0 Å². The van der Waals surface area contributed by atoms with E-state index in [-0.39, 0.29) is 11.7 Å². The van der Waals surface area contributed by atoms with Crippen LogP contribution in [0.4, 0.5) is 11.4 Å². The Labute approximate surface area is 107 Å². The van der Waals surface area contributed by atoms with Crippen LogP contribution in [0.1, 0.15) is 30.6 Å². The van der Waals surface area contributed by atoms with Crippen LogP contribution in [0, 0.1) is 0 Å². The first-order chi connectivity index (χ1) is 8.54. The van der Waals surface area contributed by atoms with Crippen molar-refractivity contribution < 1.29 is 9.59 Å². The summed E-state index contributed by atoms with van der Waals surface area (Å²) in [5.41, 5.74) is 7.54. The summed E-state index contributed by atoms with van der Waals surface area (Å²) in [6.45, 7) is 4.53. The topological polar surface area (TPSA) is 84.2 Å². The fraction of sp³-hybridized carbons (Fsp3) is 0.385. The second-order valence-electron chi connectivity index (χ2n) is 3.99. The van der Waals surface area contributed by atoms with Crippen molar-refractivity contribution in [3.05, 3.63) is 23.8 Å². The fourth-order valence-corrected chi connectivity index (χ4v) is 1.60. The Hall–Kier alpha value is -2.04. The zero-order valence-corrected chi connectivity index (χ0v) is 10.7. The van der Waals surface area contributed by atoms with E-state index in [4.69, 9.17) is 5.73 Å². The fourth-order valence-electron chi connectivity index (χ4n) is 1.60. The van der Waals surface area contributed by atoms with E-state index in [1.54, 1.807) is 18.2 Å². The summed E-state index contributed by atoms with van der Waals surface area (Å²) in [7, 11) is 0. The maximum absolute atomic E-state index is 11.2. The summed E-state index contributed by atoms with van der Waals surface area (Å²) in [5, 5.41) is 5.81. The van der Waals surface area contributed by atoms with Crippen molar-refractivity contribution in [1.82, 2.24) is 5.32 Å². The highest BCUT2D eigenvalue weighted by Gasteiger charge is 2.05. The lowest BCUT2D eigenvalue weighted by molar-refractivity contribution is -0.120. The minimum Gasteiger partial charge on any atom is -0.398 e. The van der Waals surface area contributed by atoms with E-state index in [1.807, 2.05) is 6.92 Å². The highest BCUT2D eigenvalue weighted by molar-refractivity contribution is 5.99. The number of hydrogen-bond donors (Lipinski definition) is 3. The lowest BCUT2D eigenvalue weighted by Gasteiger charge is -2.09. The van der Waals surface area contributed by atoms with Crippen molar-refractivity contribution in [2.45, 2.75) is 20.3 Å². The molecule has 98 valence electrons. The highest BCUT2D eigenvalue weighted by Crippen LogP contribution is 2.18. The molecule has 18 heavy (non-hydrogen) atoms. The van der Waals surface area contributed by atoms with Crippen LogP contribution >= 0.6 is 0 Å². The zero-order chi connectivity index (χ0) is 13.5. The number of nitrogens with two attached hydrogens (primary N) is 1. The average molecular weight is 249 g/mol. The number of nitrogens with one attached hydrogen (secondary N) is 2. The molecular weight excluding hydrogens is 230 g/mol. The molecule has 0 saturated heterocycles. The van der Waals surface area contributed by atoms with Crippen molar-refractivity contribution in [3.63, 3.8) is 0 Å². The molecule has 0 aliphatic rings. The van der Waals surface area contributed by atoms with Gasteiger partial charge in [-0.3, -0.25) is 9.59 Å². The van der Waals surface area contributed by atoms with Gasteiger partial charge in [0.2, 0.25) is 5.91 Å². The van der Waals surface area contributed by atoms with Gasteiger partial charge >= 0.3 is 0 Å². The van der Waals surface area contributed by atoms with Crippen LogP contribution in [-0.4, -0.2) is 24.8 Å². The number of anilines is 2. The van der Waals surface area contributed by atoms with E-state index >= 15 is 0 Å². The molecule has 1 aromatic carbocycles. The van der Waals surface area contributed by atoms with Crippen molar-refractivity contribution in [3.8, 4) is 0 Å². The number of nitrogen functional groups attached to an aromatic ring is 1. The molecule has 5 nitrogen and oxygen atoms in total. The van der Waals surface area contributed by atoms with Gasteiger partial charge in [0.1, 0.15) is 0 Å². The lowest BCUT2D eigenvalue weighted by Crippen LogP contribution is -2.24. The number of carbonyl (C=O) groups is 2. The molecule has 1 amide bonds. The first kappa shape index (κ1) is 14.0. The van der Waals surface area contributed by atoms with Gasteiger partial charge in [0.05, 0.1) is 0 Å².